The average molecular weight is 419 g/mol. The maximum atomic E-state index is 12.8. The van der Waals surface area contributed by atoms with Gasteiger partial charge in [-0.3, -0.25) is 14.3 Å². The summed E-state index contributed by atoms with van der Waals surface area (Å²) in [4.78, 5) is 28.9. The van der Waals surface area contributed by atoms with E-state index in [0.717, 1.165) is 53.4 Å². The van der Waals surface area contributed by atoms with Crippen LogP contribution in [0, 0.1) is 5.92 Å². The van der Waals surface area contributed by atoms with Crippen LogP contribution in [0.5, 0.6) is 0 Å². The van der Waals surface area contributed by atoms with Gasteiger partial charge in [0.15, 0.2) is 0 Å². The van der Waals surface area contributed by atoms with Gasteiger partial charge in [-0.05, 0) is 30.9 Å². The summed E-state index contributed by atoms with van der Waals surface area (Å²) in [6.45, 7) is 0. The van der Waals surface area contributed by atoms with Crippen molar-refractivity contribution >= 4 is 34.6 Å². The van der Waals surface area contributed by atoms with Crippen LogP contribution < -0.4 is 16.5 Å². The SMILES string of the molecule is Cn1cc(-c2[nH]c3cc(NC(=O)[C@@H](N)C4CCCCC4)cc4c3c2C=NNC4=O)cn1. The second-order valence-corrected chi connectivity index (χ2v) is 8.37. The van der Waals surface area contributed by atoms with E-state index in [-0.39, 0.29) is 17.7 Å². The van der Waals surface area contributed by atoms with E-state index in [2.05, 4.69) is 25.9 Å². The van der Waals surface area contributed by atoms with Crippen LogP contribution >= 0.6 is 0 Å². The Hall–Kier alpha value is -3.46. The number of H-pyrrole nitrogens is 1. The van der Waals surface area contributed by atoms with E-state index in [9.17, 15) is 9.59 Å². The lowest BCUT2D eigenvalue weighted by molar-refractivity contribution is -0.118. The molecule has 5 N–H and O–H groups in total. The lowest BCUT2D eigenvalue weighted by Gasteiger charge is -2.26. The minimum absolute atomic E-state index is 0.199. The molecule has 0 radical (unpaired) electrons. The lowest BCUT2D eigenvalue weighted by atomic mass is 9.84. The number of aromatic amines is 1. The van der Waals surface area contributed by atoms with Gasteiger partial charge in [0.05, 0.1) is 29.7 Å². The second kappa shape index (κ2) is 7.66. The van der Waals surface area contributed by atoms with Gasteiger partial charge in [0.25, 0.3) is 5.91 Å². The normalized spacial score (nSPS) is 17.4. The number of benzene rings is 1. The highest BCUT2D eigenvalue weighted by Crippen LogP contribution is 2.34. The molecule has 0 spiro atoms. The Morgan fingerprint density at radius 2 is 2.10 bits per heavy atom. The number of aryl methyl sites for hydroxylation is 1. The third-order valence-electron chi connectivity index (χ3n) is 6.26. The fourth-order valence-electron chi connectivity index (χ4n) is 4.66. The zero-order chi connectivity index (χ0) is 21.5. The molecule has 0 unspecified atom stereocenters. The van der Waals surface area contributed by atoms with E-state index in [0.29, 0.717) is 11.3 Å². The van der Waals surface area contributed by atoms with Crippen molar-refractivity contribution in [3.05, 3.63) is 35.7 Å². The second-order valence-electron chi connectivity index (χ2n) is 8.37. The monoisotopic (exact) mass is 419 g/mol. The van der Waals surface area contributed by atoms with Crippen LogP contribution in [0.25, 0.3) is 22.2 Å². The first-order valence-electron chi connectivity index (χ1n) is 10.6. The summed E-state index contributed by atoms with van der Waals surface area (Å²) >= 11 is 0. The molecule has 1 aliphatic carbocycles. The Morgan fingerprint density at radius 3 is 2.84 bits per heavy atom. The molecular formula is C22H25N7O2. The van der Waals surface area contributed by atoms with Crippen LogP contribution in [0.2, 0.25) is 0 Å². The highest BCUT2D eigenvalue weighted by molar-refractivity contribution is 6.18. The molecule has 1 aliphatic heterocycles. The van der Waals surface area contributed by atoms with E-state index in [1.165, 1.54) is 6.42 Å². The van der Waals surface area contributed by atoms with Crippen molar-refractivity contribution in [1.82, 2.24) is 20.2 Å². The van der Waals surface area contributed by atoms with Crippen molar-refractivity contribution < 1.29 is 9.59 Å². The molecule has 2 amide bonds. The molecule has 5 rings (SSSR count). The van der Waals surface area contributed by atoms with Crippen LogP contribution in [0.15, 0.2) is 29.6 Å². The van der Waals surface area contributed by atoms with Gasteiger partial charge in [0.1, 0.15) is 0 Å². The number of nitrogens with zero attached hydrogens (tertiary/aromatic N) is 3. The standard InChI is InChI=1S/C22H25N7O2/c1-29-11-13(9-25-29)20-16-10-24-28-21(30)15-7-14(8-17(27-20)18(15)16)26-22(31)19(23)12-5-3-2-4-6-12/h7-12,19,27H,2-6,23H2,1H3,(H,26,31)(H,28,30)/t19-/m0/s1. The molecule has 2 aromatic heterocycles. The Labute approximate surface area is 179 Å². The van der Waals surface area contributed by atoms with Gasteiger partial charge in [0.2, 0.25) is 5.91 Å². The molecule has 9 nitrogen and oxygen atoms in total. The number of amides is 2. The van der Waals surface area contributed by atoms with Gasteiger partial charge in [-0.1, -0.05) is 19.3 Å². The van der Waals surface area contributed by atoms with Crippen molar-refractivity contribution in [1.29, 1.82) is 0 Å². The third-order valence-corrected chi connectivity index (χ3v) is 6.26. The number of aromatic nitrogens is 3. The van der Waals surface area contributed by atoms with Gasteiger partial charge in [-0.25, -0.2) is 5.43 Å². The van der Waals surface area contributed by atoms with Crippen LogP contribution in [-0.2, 0) is 11.8 Å². The summed E-state index contributed by atoms with van der Waals surface area (Å²) < 4.78 is 1.71. The van der Waals surface area contributed by atoms with E-state index >= 15 is 0 Å². The van der Waals surface area contributed by atoms with Crippen LogP contribution in [-0.4, -0.2) is 38.8 Å². The van der Waals surface area contributed by atoms with Crippen molar-refractivity contribution in [2.75, 3.05) is 5.32 Å². The number of hydrogen-bond acceptors (Lipinski definition) is 5. The number of nitrogens with one attached hydrogen (secondary N) is 3. The van der Waals surface area contributed by atoms with Crippen molar-refractivity contribution in [3.8, 4) is 11.3 Å². The van der Waals surface area contributed by atoms with Crippen molar-refractivity contribution in [2.24, 2.45) is 23.8 Å². The number of rotatable bonds is 4. The van der Waals surface area contributed by atoms with Gasteiger partial charge >= 0.3 is 0 Å². The molecule has 0 bridgehead atoms. The Morgan fingerprint density at radius 1 is 1.29 bits per heavy atom. The summed E-state index contributed by atoms with van der Waals surface area (Å²) in [5.41, 5.74) is 13.0. The van der Waals surface area contributed by atoms with Gasteiger partial charge < -0.3 is 16.0 Å². The molecule has 1 saturated carbocycles. The number of hydrogen-bond donors (Lipinski definition) is 4. The van der Waals surface area contributed by atoms with E-state index < -0.39 is 6.04 Å². The smallest absolute Gasteiger partial charge is 0.272 e. The highest BCUT2D eigenvalue weighted by Gasteiger charge is 2.27. The van der Waals surface area contributed by atoms with E-state index in [1.54, 1.807) is 23.2 Å². The number of anilines is 1. The topological polar surface area (TPSA) is 130 Å². The molecule has 1 atom stereocenters. The molecule has 1 fully saturated rings. The minimum atomic E-state index is -0.558. The first kappa shape index (κ1) is 19.5. The van der Waals surface area contributed by atoms with E-state index in [1.807, 2.05) is 19.3 Å². The minimum Gasteiger partial charge on any atom is -0.354 e. The molecule has 0 saturated heterocycles. The molecule has 9 heteroatoms. The number of nitrogens with two attached hydrogens (primary N) is 1. The van der Waals surface area contributed by atoms with Gasteiger partial charge in [-0.15, -0.1) is 0 Å². The Balaban J connectivity index is 1.53. The molecule has 2 aliphatic rings. The number of hydrazone groups is 1. The fraction of sp³-hybridized carbons (Fsp3) is 0.364. The van der Waals surface area contributed by atoms with Crippen molar-refractivity contribution in [3.63, 3.8) is 0 Å². The van der Waals surface area contributed by atoms with Crippen LogP contribution in [0.3, 0.4) is 0 Å². The average Bonchev–Trinajstić information content (AvgIpc) is 3.31. The molecular weight excluding hydrogens is 394 g/mol. The molecule has 3 aromatic rings. The number of carbonyl (C=O) groups is 2. The zero-order valence-corrected chi connectivity index (χ0v) is 17.3. The first-order valence-corrected chi connectivity index (χ1v) is 10.6. The zero-order valence-electron chi connectivity index (χ0n) is 17.3. The Bertz CT molecular complexity index is 1200. The van der Waals surface area contributed by atoms with Gasteiger partial charge in [-0.2, -0.15) is 10.2 Å². The Kier molecular flexibility index (Phi) is 4.82. The summed E-state index contributed by atoms with van der Waals surface area (Å²) in [6, 6.07) is 2.96. The summed E-state index contributed by atoms with van der Waals surface area (Å²) in [7, 11) is 1.84. The molecule has 31 heavy (non-hydrogen) atoms. The lowest BCUT2D eigenvalue weighted by Crippen LogP contribution is -2.42. The molecule has 160 valence electrons. The summed E-state index contributed by atoms with van der Waals surface area (Å²) in [5, 5.41) is 12.0. The molecule has 1 aromatic carbocycles. The fourth-order valence-corrected chi connectivity index (χ4v) is 4.66. The summed E-state index contributed by atoms with van der Waals surface area (Å²) in [5.74, 6) is -0.350. The maximum absolute atomic E-state index is 12.8. The predicted molar refractivity (Wildman–Crippen MR) is 119 cm³/mol. The van der Waals surface area contributed by atoms with E-state index in [4.69, 9.17) is 5.73 Å². The third kappa shape index (κ3) is 3.50. The molecule has 3 heterocycles. The maximum Gasteiger partial charge on any atom is 0.272 e. The van der Waals surface area contributed by atoms with Crippen LogP contribution in [0.1, 0.15) is 48.0 Å². The largest absolute Gasteiger partial charge is 0.354 e. The quantitative estimate of drug-likeness (QED) is 0.517. The van der Waals surface area contributed by atoms with Crippen molar-refractivity contribution in [2.45, 2.75) is 38.1 Å². The predicted octanol–water partition coefficient (Wildman–Crippen LogP) is 2.49. The highest BCUT2D eigenvalue weighted by atomic mass is 16.2. The number of carbonyl (C=O) groups excluding carboxylic acids is 2. The van der Waals surface area contributed by atoms with Crippen LogP contribution in [0.4, 0.5) is 5.69 Å². The van der Waals surface area contributed by atoms with Gasteiger partial charge in [0, 0.05) is 41.0 Å². The summed E-state index contributed by atoms with van der Waals surface area (Å²) in [6.07, 6.45) is 10.7. The first-order chi connectivity index (χ1) is 15.0.